The molecule has 2 amide bonds. The quantitative estimate of drug-likeness (QED) is 0.823. The van der Waals surface area contributed by atoms with E-state index in [2.05, 4.69) is 15.8 Å². The number of carbonyl (C=O) groups excluding carboxylic acids is 2. The lowest BCUT2D eigenvalue weighted by atomic mass is 10.1. The van der Waals surface area contributed by atoms with Gasteiger partial charge in [-0.05, 0) is 32.0 Å². The molecule has 10 heteroatoms. The van der Waals surface area contributed by atoms with E-state index < -0.39 is 22.9 Å². The minimum Gasteiger partial charge on any atom is -0.361 e. The molecule has 1 aliphatic heterocycles. The molecule has 0 radical (unpaired) electrons. The van der Waals surface area contributed by atoms with Gasteiger partial charge in [-0.25, -0.2) is 0 Å². The standard InChI is InChI=1S/C17H16F3N3O3S/c1-8-11(9(2)26-23-8)7-21-15(24)6-14-16(25)22-12-5-10(17(18,19)20)3-4-13(12)27-14/h3-5,14H,6-7H2,1-2H3,(H,21,24)(H,22,25)/t14-/m0/s1. The molecule has 0 saturated carbocycles. The molecular weight excluding hydrogens is 383 g/mol. The Morgan fingerprint density at radius 2 is 2.11 bits per heavy atom. The predicted octanol–water partition coefficient (Wildman–Crippen LogP) is 3.43. The van der Waals surface area contributed by atoms with E-state index >= 15 is 0 Å². The SMILES string of the molecule is Cc1noc(C)c1CNC(=O)C[C@@H]1Sc2ccc(C(F)(F)F)cc2NC1=O. The molecule has 0 unspecified atom stereocenters. The maximum Gasteiger partial charge on any atom is 0.416 e. The zero-order valence-corrected chi connectivity index (χ0v) is 15.3. The number of nitrogens with one attached hydrogen (secondary N) is 2. The van der Waals surface area contributed by atoms with Crippen molar-refractivity contribution in [3.63, 3.8) is 0 Å². The molecule has 0 bridgehead atoms. The Bertz CT molecular complexity index is 876. The van der Waals surface area contributed by atoms with Gasteiger partial charge in [0.1, 0.15) is 5.76 Å². The van der Waals surface area contributed by atoms with E-state index in [1.54, 1.807) is 13.8 Å². The zero-order chi connectivity index (χ0) is 19.8. The summed E-state index contributed by atoms with van der Waals surface area (Å²) < 4.78 is 43.4. The minimum atomic E-state index is -4.49. The minimum absolute atomic E-state index is 0.0969. The summed E-state index contributed by atoms with van der Waals surface area (Å²) in [5, 5.41) is 8.23. The van der Waals surface area contributed by atoms with Gasteiger partial charge in [0.15, 0.2) is 0 Å². The van der Waals surface area contributed by atoms with Crippen LogP contribution in [0.4, 0.5) is 18.9 Å². The van der Waals surface area contributed by atoms with Crippen LogP contribution < -0.4 is 10.6 Å². The first-order chi connectivity index (χ1) is 12.6. The molecule has 1 aromatic heterocycles. The van der Waals surface area contributed by atoms with Crippen LogP contribution in [0.25, 0.3) is 0 Å². The lowest BCUT2D eigenvalue weighted by Gasteiger charge is -2.24. The van der Waals surface area contributed by atoms with Gasteiger partial charge in [0, 0.05) is 23.4 Å². The third-order valence-electron chi connectivity index (χ3n) is 4.14. The number of carbonyl (C=O) groups is 2. The number of halogens is 3. The Kier molecular flexibility index (Phi) is 5.18. The van der Waals surface area contributed by atoms with Crippen molar-refractivity contribution < 1.29 is 27.3 Å². The number of aryl methyl sites for hydroxylation is 2. The Labute approximate surface area is 156 Å². The van der Waals surface area contributed by atoms with Crippen molar-refractivity contribution in [1.29, 1.82) is 0 Å². The van der Waals surface area contributed by atoms with E-state index in [-0.39, 0.29) is 24.6 Å². The molecule has 0 aliphatic carbocycles. The van der Waals surface area contributed by atoms with Crippen molar-refractivity contribution in [1.82, 2.24) is 10.5 Å². The highest BCUT2D eigenvalue weighted by atomic mass is 32.2. The van der Waals surface area contributed by atoms with Gasteiger partial charge in [0.2, 0.25) is 11.8 Å². The largest absolute Gasteiger partial charge is 0.416 e. The van der Waals surface area contributed by atoms with Crippen molar-refractivity contribution in [2.75, 3.05) is 5.32 Å². The van der Waals surface area contributed by atoms with Gasteiger partial charge in [-0.1, -0.05) is 5.16 Å². The van der Waals surface area contributed by atoms with Crippen LogP contribution in [0.3, 0.4) is 0 Å². The van der Waals surface area contributed by atoms with Crippen molar-refractivity contribution >= 4 is 29.3 Å². The van der Waals surface area contributed by atoms with E-state index in [4.69, 9.17) is 4.52 Å². The highest BCUT2D eigenvalue weighted by Gasteiger charge is 2.34. The molecule has 1 atom stereocenters. The first-order valence-electron chi connectivity index (χ1n) is 8.02. The van der Waals surface area contributed by atoms with Crippen LogP contribution in [0.2, 0.25) is 0 Å². The Hall–Kier alpha value is -2.49. The number of alkyl halides is 3. The smallest absolute Gasteiger partial charge is 0.361 e. The Morgan fingerprint density at radius 1 is 1.37 bits per heavy atom. The number of amides is 2. The summed E-state index contributed by atoms with van der Waals surface area (Å²) >= 11 is 1.07. The van der Waals surface area contributed by atoms with E-state index in [9.17, 15) is 22.8 Å². The number of benzene rings is 1. The van der Waals surface area contributed by atoms with Gasteiger partial charge in [-0.2, -0.15) is 13.2 Å². The summed E-state index contributed by atoms with van der Waals surface area (Å²) in [6, 6.07) is 3.16. The van der Waals surface area contributed by atoms with Crippen molar-refractivity contribution in [3.05, 3.63) is 40.8 Å². The van der Waals surface area contributed by atoms with E-state index in [0.717, 1.165) is 29.5 Å². The third kappa shape index (κ3) is 4.26. The molecule has 144 valence electrons. The number of anilines is 1. The molecule has 0 spiro atoms. The average Bonchev–Trinajstić information content (AvgIpc) is 2.90. The number of nitrogens with zero attached hydrogens (tertiary/aromatic N) is 1. The molecule has 2 heterocycles. The molecule has 2 aromatic rings. The number of hydrogen-bond donors (Lipinski definition) is 2. The number of aromatic nitrogens is 1. The molecule has 1 aromatic carbocycles. The van der Waals surface area contributed by atoms with Crippen LogP contribution >= 0.6 is 11.8 Å². The van der Waals surface area contributed by atoms with Crippen LogP contribution in [-0.4, -0.2) is 22.2 Å². The van der Waals surface area contributed by atoms with Crippen molar-refractivity contribution in [2.45, 2.75) is 43.1 Å². The summed E-state index contributed by atoms with van der Waals surface area (Å²) in [6.07, 6.45) is -4.58. The van der Waals surface area contributed by atoms with Crippen LogP contribution in [0, 0.1) is 13.8 Å². The normalized spacial score (nSPS) is 16.6. The molecular formula is C17H16F3N3O3S. The topological polar surface area (TPSA) is 84.2 Å². The molecule has 6 nitrogen and oxygen atoms in total. The van der Waals surface area contributed by atoms with Gasteiger partial charge in [-0.3, -0.25) is 9.59 Å². The molecule has 0 fully saturated rings. The molecule has 27 heavy (non-hydrogen) atoms. The van der Waals surface area contributed by atoms with Crippen molar-refractivity contribution in [3.8, 4) is 0 Å². The van der Waals surface area contributed by atoms with Gasteiger partial charge < -0.3 is 15.2 Å². The summed E-state index contributed by atoms with van der Waals surface area (Å²) in [4.78, 5) is 24.8. The van der Waals surface area contributed by atoms with E-state index in [1.165, 1.54) is 6.07 Å². The summed E-state index contributed by atoms with van der Waals surface area (Å²) in [5.74, 6) is -0.246. The number of rotatable bonds is 4. The van der Waals surface area contributed by atoms with Crippen LogP contribution in [0.5, 0.6) is 0 Å². The van der Waals surface area contributed by atoms with Gasteiger partial charge >= 0.3 is 6.18 Å². The fraction of sp³-hybridized carbons (Fsp3) is 0.353. The monoisotopic (exact) mass is 399 g/mol. The van der Waals surface area contributed by atoms with Crippen LogP contribution in [0.15, 0.2) is 27.6 Å². The zero-order valence-electron chi connectivity index (χ0n) is 14.4. The Morgan fingerprint density at radius 3 is 2.74 bits per heavy atom. The second-order valence-corrected chi connectivity index (χ2v) is 7.33. The number of thioether (sulfide) groups is 1. The third-order valence-corrected chi connectivity index (χ3v) is 5.42. The fourth-order valence-electron chi connectivity index (χ4n) is 2.64. The first kappa shape index (κ1) is 19.3. The lowest BCUT2D eigenvalue weighted by molar-refractivity contribution is -0.137. The summed E-state index contributed by atoms with van der Waals surface area (Å²) in [7, 11) is 0. The second-order valence-electron chi connectivity index (χ2n) is 6.09. The number of hydrogen-bond acceptors (Lipinski definition) is 5. The fourth-order valence-corrected chi connectivity index (χ4v) is 3.73. The Balaban J connectivity index is 1.63. The lowest BCUT2D eigenvalue weighted by Crippen LogP contribution is -2.35. The highest BCUT2D eigenvalue weighted by Crippen LogP contribution is 2.40. The summed E-state index contributed by atoms with van der Waals surface area (Å²) in [6.45, 7) is 3.72. The maximum absolute atomic E-state index is 12.8. The average molecular weight is 399 g/mol. The molecule has 2 N–H and O–H groups in total. The highest BCUT2D eigenvalue weighted by molar-refractivity contribution is 8.01. The van der Waals surface area contributed by atoms with Gasteiger partial charge in [-0.15, -0.1) is 11.8 Å². The first-order valence-corrected chi connectivity index (χ1v) is 8.90. The second kappa shape index (κ2) is 7.26. The number of fused-ring (bicyclic) bond motifs is 1. The predicted molar refractivity (Wildman–Crippen MR) is 92.2 cm³/mol. The van der Waals surface area contributed by atoms with E-state index in [0.29, 0.717) is 16.3 Å². The summed E-state index contributed by atoms with van der Waals surface area (Å²) in [5.41, 5.74) is 0.714. The van der Waals surface area contributed by atoms with Crippen molar-refractivity contribution in [2.24, 2.45) is 0 Å². The van der Waals surface area contributed by atoms with E-state index in [1.807, 2.05) is 0 Å². The molecule has 0 saturated heterocycles. The molecule has 3 rings (SSSR count). The van der Waals surface area contributed by atoms with Gasteiger partial charge in [0.25, 0.3) is 0 Å². The molecule has 1 aliphatic rings. The van der Waals surface area contributed by atoms with Crippen LogP contribution in [0.1, 0.15) is 29.0 Å². The van der Waals surface area contributed by atoms with Gasteiger partial charge in [0.05, 0.1) is 22.2 Å². The van der Waals surface area contributed by atoms with Crippen LogP contribution in [-0.2, 0) is 22.3 Å². The maximum atomic E-state index is 12.8.